The Morgan fingerprint density at radius 3 is 2.50 bits per heavy atom. The van der Waals surface area contributed by atoms with Crippen LogP contribution in [-0.4, -0.2) is 38.3 Å². The third-order valence-corrected chi connectivity index (χ3v) is 4.01. The van der Waals surface area contributed by atoms with Crippen LogP contribution in [-0.2, 0) is 25.8 Å². The van der Waals surface area contributed by atoms with Gasteiger partial charge in [-0.2, -0.15) is 0 Å². The number of thiazole rings is 1. The van der Waals surface area contributed by atoms with Crippen LogP contribution in [0.1, 0.15) is 25.1 Å². The van der Waals surface area contributed by atoms with E-state index in [1.54, 1.807) is 0 Å². The summed E-state index contributed by atoms with van der Waals surface area (Å²) in [6, 6.07) is 5.47. The molecule has 0 spiro atoms. The number of hydrogen-bond donors (Lipinski definition) is 2. The summed E-state index contributed by atoms with van der Waals surface area (Å²) in [7, 11) is 0. The number of anilines is 1. The van der Waals surface area contributed by atoms with Crippen LogP contribution in [0.5, 0.6) is 0 Å². The Morgan fingerprint density at radius 2 is 2.00 bits per heavy atom. The van der Waals surface area contributed by atoms with Gasteiger partial charge in [0.1, 0.15) is 12.3 Å². The topological polar surface area (TPSA) is 167 Å². The molecule has 0 aliphatic heterocycles. The van der Waals surface area contributed by atoms with Crippen LogP contribution in [0, 0.1) is 10.1 Å². The summed E-state index contributed by atoms with van der Waals surface area (Å²) in [5, 5.41) is 24.9. The van der Waals surface area contributed by atoms with Crippen LogP contribution in [0.25, 0.3) is 0 Å². The van der Waals surface area contributed by atoms with Gasteiger partial charge >= 0.3 is 11.9 Å². The highest BCUT2D eigenvalue weighted by molar-refractivity contribution is 7.13. The molecule has 1 heterocycles. The normalized spacial score (nSPS) is 11.7. The second-order valence-electron chi connectivity index (χ2n) is 5.92. The highest BCUT2D eigenvalue weighted by Crippen LogP contribution is 2.18. The van der Waals surface area contributed by atoms with Crippen LogP contribution in [0.2, 0.25) is 0 Å². The van der Waals surface area contributed by atoms with Crippen molar-refractivity contribution in [3.8, 4) is 0 Å². The second kappa shape index (κ2) is 8.43. The first-order valence-corrected chi connectivity index (χ1v) is 8.59. The minimum Gasteiger partial charge on any atom is -0.476 e. The van der Waals surface area contributed by atoms with Crippen molar-refractivity contribution >= 4 is 39.8 Å². The van der Waals surface area contributed by atoms with Gasteiger partial charge in [-0.15, -0.1) is 11.3 Å². The molecular weight excluding hydrogens is 392 g/mol. The number of rotatable bonds is 8. The number of carboxylic acid groups (broad SMARTS) is 1. The number of oxime groups is 1. The number of aromatic nitrogens is 1. The van der Waals surface area contributed by atoms with Gasteiger partial charge in [0.15, 0.2) is 5.13 Å². The zero-order chi connectivity index (χ0) is 20.9. The van der Waals surface area contributed by atoms with E-state index in [4.69, 9.17) is 15.3 Å². The van der Waals surface area contributed by atoms with Crippen molar-refractivity contribution in [1.29, 1.82) is 0 Å². The quantitative estimate of drug-likeness (QED) is 0.287. The number of nitrogen functional groups attached to an aromatic ring is 1. The number of nitro groups is 1. The highest BCUT2D eigenvalue weighted by Gasteiger charge is 2.33. The van der Waals surface area contributed by atoms with E-state index in [1.807, 2.05) is 0 Å². The average Bonchev–Trinajstić information content (AvgIpc) is 3.05. The van der Waals surface area contributed by atoms with Crippen molar-refractivity contribution in [1.82, 2.24) is 4.98 Å². The molecule has 12 heteroatoms. The maximum atomic E-state index is 12.2. The molecule has 148 valence electrons. The third kappa shape index (κ3) is 5.23. The van der Waals surface area contributed by atoms with Crippen molar-refractivity contribution in [3.05, 3.63) is 51.0 Å². The summed E-state index contributed by atoms with van der Waals surface area (Å²) in [5.74, 6) is -2.21. The number of nitro benzene ring substituents is 1. The molecule has 0 fully saturated rings. The first kappa shape index (κ1) is 20.8. The van der Waals surface area contributed by atoms with Crippen LogP contribution < -0.4 is 5.73 Å². The van der Waals surface area contributed by atoms with Crippen molar-refractivity contribution in [2.24, 2.45) is 5.16 Å². The second-order valence-corrected chi connectivity index (χ2v) is 6.81. The van der Waals surface area contributed by atoms with Gasteiger partial charge in [-0.05, 0) is 31.5 Å². The van der Waals surface area contributed by atoms with Crippen LogP contribution in [0.3, 0.4) is 0 Å². The number of ether oxygens (including phenoxy) is 1. The molecule has 1 aromatic carbocycles. The van der Waals surface area contributed by atoms with Crippen LogP contribution in [0.15, 0.2) is 34.8 Å². The minimum absolute atomic E-state index is 0.00467. The number of non-ortho nitro benzene ring substituents is 1. The predicted molar refractivity (Wildman–Crippen MR) is 98.8 cm³/mol. The molecule has 0 amide bonds. The Balaban J connectivity index is 2.03. The van der Waals surface area contributed by atoms with Crippen molar-refractivity contribution in [2.75, 3.05) is 5.73 Å². The fraction of sp³-hybridized carbons (Fsp3) is 0.250. The summed E-state index contributed by atoms with van der Waals surface area (Å²) in [6.45, 7) is 2.55. The number of nitrogens with zero attached hydrogens (tertiary/aromatic N) is 3. The number of nitrogens with two attached hydrogens (primary N) is 1. The molecule has 0 aliphatic rings. The number of hydrogen-bond acceptors (Lipinski definition) is 10. The SMILES string of the molecule is CC(C)(O/N=C(/C(=O)O)c1csc(N)n1)C(=O)OCc1ccc([N+](=O)[O-])cc1. The molecule has 0 saturated heterocycles. The average molecular weight is 408 g/mol. The number of carboxylic acids is 1. The Bertz CT molecular complexity index is 921. The van der Waals surface area contributed by atoms with E-state index in [2.05, 4.69) is 10.1 Å². The monoisotopic (exact) mass is 408 g/mol. The smallest absolute Gasteiger partial charge is 0.360 e. The van der Waals surface area contributed by atoms with Gasteiger partial charge in [0.2, 0.25) is 11.3 Å². The van der Waals surface area contributed by atoms with E-state index in [0.29, 0.717) is 5.56 Å². The third-order valence-electron chi connectivity index (χ3n) is 3.34. The summed E-state index contributed by atoms with van der Waals surface area (Å²) in [4.78, 5) is 42.5. The number of carbonyl (C=O) groups is 2. The van der Waals surface area contributed by atoms with Gasteiger partial charge in [0.05, 0.1) is 4.92 Å². The molecule has 0 atom stereocenters. The van der Waals surface area contributed by atoms with Gasteiger partial charge in [0, 0.05) is 17.5 Å². The van der Waals surface area contributed by atoms with E-state index < -0.39 is 28.2 Å². The Kier molecular flexibility index (Phi) is 6.26. The fourth-order valence-corrected chi connectivity index (χ4v) is 2.37. The lowest BCUT2D eigenvalue weighted by Gasteiger charge is -2.20. The number of esters is 1. The van der Waals surface area contributed by atoms with Crippen LogP contribution >= 0.6 is 11.3 Å². The highest BCUT2D eigenvalue weighted by atomic mass is 32.1. The molecule has 0 aliphatic carbocycles. The lowest BCUT2D eigenvalue weighted by molar-refractivity contribution is -0.384. The molecule has 2 aromatic rings. The first-order chi connectivity index (χ1) is 13.1. The fourth-order valence-electron chi connectivity index (χ4n) is 1.83. The van der Waals surface area contributed by atoms with Crippen LogP contribution in [0.4, 0.5) is 10.8 Å². The zero-order valence-electron chi connectivity index (χ0n) is 14.8. The molecular formula is C16H16N4O7S. The molecule has 0 unspecified atom stereocenters. The summed E-state index contributed by atoms with van der Waals surface area (Å²) in [6.07, 6.45) is 0. The largest absolute Gasteiger partial charge is 0.476 e. The van der Waals surface area contributed by atoms with Crippen molar-refractivity contribution in [2.45, 2.75) is 26.1 Å². The van der Waals surface area contributed by atoms with E-state index in [-0.39, 0.29) is 23.1 Å². The Labute approximate surface area is 162 Å². The van der Waals surface area contributed by atoms with E-state index in [1.165, 1.54) is 43.5 Å². The molecule has 0 bridgehead atoms. The number of benzene rings is 1. The van der Waals surface area contributed by atoms with Gasteiger partial charge < -0.3 is 20.4 Å². The lowest BCUT2D eigenvalue weighted by Crippen LogP contribution is -2.36. The van der Waals surface area contributed by atoms with E-state index in [9.17, 15) is 24.8 Å². The van der Waals surface area contributed by atoms with Gasteiger partial charge in [0.25, 0.3) is 5.69 Å². The standard InChI is InChI=1S/C16H16N4O7S/c1-16(2,27-19-12(13(21)22)11-8-28-15(17)18-11)14(23)26-7-9-3-5-10(6-4-9)20(24)25/h3-6,8H,7H2,1-2H3,(H2,17,18)(H,21,22)/b19-12+. The predicted octanol–water partition coefficient (Wildman–Crippen LogP) is 1.96. The van der Waals surface area contributed by atoms with Crippen molar-refractivity contribution < 1.29 is 29.2 Å². The minimum atomic E-state index is -1.59. The van der Waals surface area contributed by atoms with E-state index >= 15 is 0 Å². The molecule has 3 N–H and O–H groups in total. The summed E-state index contributed by atoms with van der Waals surface area (Å²) < 4.78 is 5.11. The zero-order valence-corrected chi connectivity index (χ0v) is 15.6. The van der Waals surface area contributed by atoms with Crippen molar-refractivity contribution in [3.63, 3.8) is 0 Å². The Morgan fingerprint density at radius 1 is 1.36 bits per heavy atom. The van der Waals surface area contributed by atoms with Gasteiger partial charge in [-0.3, -0.25) is 10.1 Å². The maximum absolute atomic E-state index is 12.2. The Hall–Kier alpha value is -3.54. The molecule has 1 aromatic heterocycles. The molecule has 0 radical (unpaired) electrons. The molecule has 2 rings (SSSR count). The maximum Gasteiger partial charge on any atom is 0.360 e. The lowest BCUT2D eigenvalue weighted by atomic mass is 10.1. The number of carbonyl (C=O) groups excluding carboxylic acids is 1. The summed E-state index contributed by atoms with van der Waals surface area (Å²) >= 11 is 1.03. The van der Waals surface area contributed by atoms with E-state index in [0.717, 1.165) is 11.3 Å². The summed E-state index contributed by atoms with van der Waals surface area (Å²) in [5.41, 5.74) is 3.82. The molecule has 11 nitrogen and oxygen atoms in total. The molecule has 28 heavy (non-hydrogen) atoms. The number of aliphatic carboxylic acids is 1. The first-order valence-electron chi connectivity index (χ1n) is 7.71. The molecule has 0 saturated carbocycles. The van der Waals surface area contributed by atoms with Gasteiger partial charge in [-0.25, -0.2) is 14.6 Å². The van der Waals surface area contributed by atoms with Gasteiger partial charge in [-0.1, -0.05) is 5.16 Å².